The van der Waals surface area contributed by atoms with E-state index in [4.69, 9.17) is 10.5 Å². The van der Waals surface area contributed by atoms with E-state index in [-0.39, 0.29) is 0 Å². The van der Waals surface area contributed by atoms with Gasteiger partial charge in [0.25, 0.3) is 0 Å². The van der Waals surface area contributed by atoms with Gasteiger partial charge in [-0.2, -0.15) is 0 Å². The largest absolute Gasteiger partial charge is 0.493 e. The van der Waals surface area contributed by atoms with Crippen molar-refractivity contribution in [2.45, 2.75) is 33.6 Å². The number of nitrogens with zero attached hydrogens (tertiary/aromatic N) is 1. The predicted molar refractivity (Wildman–Crippen MR) is 89.6 cm³/mol. The predicted octanol–water partition coefficient (Wildman–Crippen LogP) is 3.72. The first kappa shape index (κ1) is 15.9. The lowest BCUT2D eigenvalue weighted by Crippen LogP contribution is -2.32. The van der Waals surface area contributed by atoms with Crippen LogP contribution in [-0.2, 0) is 0 Å². The molecule has 0 aromatic heterocycles. The second kappa shape index (κ2) is 6.99. The molecule has 1 aromatic rings. The van der Waals surface area contributed by atoms with Crippen LogP contribution in [0.5, 0.6) is 5.75 Å². The highest BCUT2D eigenvalue weighted by atomic mass is 16.5. The van der Waals surface area contributed by atoms with Crippen molar-refractivity contribution >= 4 is 5.69 Å². The lowest BCUT2D eigenvalue weighted by atomic mass is 9.83. The average molecular weight is 288 g/mol. The Bertz CT molecular complexity index is 488. The minimum atomic E-state index is 0.322. The second-order valence-corrected chi connectivity index (χ2v) is 6.80. The summed E-state index contributed by atoms with van der Waals surface area (Å²) in [6, 6.07) is 7.63. The molecule has 0 aliphatic carbocycles. The summed E-state index contributed by atoms with van der Waals surface area (Å²) in [5, 5.41) is 0. The molecule has 1 aliphatic heterocycles. The summed E-state index contributed by atoms with van der Waals surface area (Å²) in [5.41, 5.74) is 8.40. The molecule has 0 atom stereocenters. The van der Waals surface area contributed by atoms with E-state index in [9.17, 15) is 0 Å². The zero-order valence-electron chi connectivity index (χ0n) is 13.6. The maximum atomic E-state index is 5.73. The standard InChI is InChI=1S/C18H28N2O/c1-18(2,3)15-8-11-20(12-9-15)10-5-13-21-17-7-4-6-16(19)14-17/h4,6-8,14H,5,9-13,19H2,1-3H3. The Labute approximate surface area is 128 Å². The van der Waals surface area contributed by atoms with Gasteiger partial charge in [-0.25, -0.2) is 0 Å². The average Bonchev–Trinajstić information content (AvgIpc) is 2.43. The quantitative estimate of drug-likeness (QED) is 0.510. The van der Waals surface area contributed by atoms with Crippen molar-refractivity contribution in [3.8, 4) is 5.75 Å². The number of hydrogen-bond acceptors (Lipinski definition) is 3. The summed E-state index contributed by atoms with van der Waals surface area (Å²) in [4.78, 5) is 2.50. The monoisotopic (exact) mass is 288 g/mol. The van der Waals surface area contributed by atoms with Crippen LogP contribution < -0.4 is 10.5 Å². The minimum absolute atomic E-state index is 0.322. The number of ether oxygens (including phenoxy) is 1. The molecule has 2 rings (SSSR count). The molecule has 116 valence electrons. The lowest BCUT2D eigenvalue weighted by molar-refractivity contribution is 0.238. The topological polar surface area (TPSA) is 38.5 Å². The van der Waals surface area contributed by atoms with E-state index >= 15 is 0 Å². The highest BCUT2D eigenvalue weighted by molar-refractivity contribution is 5.43. The summed E-state index contributed by atoms with van der Waals surface area (Å²) in [6.45, 7) is 11.0. The van der Waals surface area contributed by atoms with Crippen molar-refractivity contribution in [2.24, 2.45) is 5.41 Å². The fourth-order valence-corrected chi connectivity index (χ4v) is 2.68. The van der Waals surface area contributed by atoms with Crippen molar-refractivity contribution in [1.82, 2.24) is 4.90 Å². The van der Waals surface area contributed by atoms with Crippen LogP contribution in [0.4, 0.5) is 5.69 Å². The first-order valence-electron chi connectivity index (χ1n) is 7.85. The van der Waals surface area contributed by atoms with Gasteiger partial charge >= 0.3 is 0 Å². The van der Waals surface area contributed by atoms with Gasteiger partial charge in [-0.1, -0.05) is 38.5 Å². The third kappa shape index (κ3) is 5.09. The minimum Gasteiger partial charge on any atom is -0.493 e. The number of nitrogens with two attached hydrogens (primary N) is 1. The Kier molecular flexibility index (Phi) is 5.29. The van der Waals surface area contributed by atoms with Crippen LogP contribution in [0.15, 0.2) is 35.9 Å². The van der Waals surface area contributed by atoms with Crippen LogP contribution in [0.2, 0.25) is 0 Å². The number of benzene rings is 1. The number of rotatable bonds is 5. The zero-order valence-corrected chi connectivity index (χ0v) is 13.6. The second-order valence-electron chi connectivity index (χ2n) is 6.80. The molecule has 0 amide bonds. The fourth-order valence-electron chi connectivity index (χ4n) is 2.68. The van der Waals surface area contributed by atoms with Gasteiger partial charge in [-0.15, -0.1) is 0 Å². The molecule has 0 bridgehead atoms. The molecule has 0 saturated carbocycles. The maximum absolute atomic E-state index is 5.73. The van der Waals surface area contributed by atoms with Gasteiger partial charge in [0, 0.05) is 31.4 Å². The van der Waals surface area contributed by atoms with E-state index in [1.165, 1.54) is 13.0 Å². The van der Waals surface area contributed by atoms with Gasteiger partial charge in [0.15, 0.2) is 0 Å². The Balaban J connectivity index is 1.68. The van der Waals surface area contributed by atoms with Crippen molar-refractivity contribution in [3.63, 3.8) is 0 Å². The van der Waals surface area contributed by atoms with Crippen LogP contribution in [0, 0.1) is 5.41 Å². The van der Waals surface area contributed by atoms with Crippen molar-refractivity contribution in [3.05, 3.63) is 35.9 Å². The van der Waals surface area contributed by atoms with E-state index < -0.39 is 0 Å². The first-order valence-corrected chi connectivity index (χ1v) is 7.85. The third-order valence-electron chi connectivity index (χ3n) is 4.00. The highest BCUT2D eigenvalue weighted by Crippen LogP contribution is 2.29. The van der Waals surface area contributed by atoms with Gasteiger partial charge in [0.1, 0.15) is 5.75 Å². The van der Waals surface area contributed by atoms with E-state index in [0.29, 0.717) is 5.41 Å². The Hall–Kier alpha value is -1.48. The zero-order chi connectivity index (χ0) is 15.3. The molecule has 3 heteroatoms. The van der Waals surface area contributed by atoms with Gasteiger partial charge < -0.3 is 10.5 Å². The smallest absolute Gasteiger partial charge is 0.121 e. The van der Waals surface area contributed by atoms with Crippen LogP contribution in [0.3, 0.4) is 0 Å². The fraction of sp³-hybridized carbons (Fsp3) is 0.556. The van der Waals surface area contributed by atoms with Crippen molar-refractivity contribution < 1.29 is 4.74 Å². The molecule has 0 fully saturated rings. The summed E-state index contributed by atoms with van der Waals surface area (Å²) in [5.74, 6) is 0.864. The summed E-state index contributed by atoms with van der Waals surface area (Å²) in [6.07, 6.45) is 4.65. The van der Waals surface area contributed by atoms with Crippen molar-refractivity contribution in [2.75, 3.05) is 32.0 Å². The van der Waals surface area contributed by atoms with Crippen LogP contribution in [-0.4, -0.2) is 31.1 Å². The van der Waals surface area contributed by atoms with Crippen LogP contribution in [0.1, 0.15) is 33.6 Å². The molecule has 2 N–H and O–H groups in total. The highest BCUT2D eigenvalue weighted by Gasteiger charge is 2.20. The first-order chi connectivity index (χ1) is 9.95. The molecular weight excluding hydrogens is 260 g/mol. The number of nitrogen functional groups attached to an aromatic ring is 1. The van der Waals surface area contributed by atoms with Crippen molar-refractivity contribution in [1.29, 1.82) is 0 Å². The van der Waals surface area contributed by atoms with E-state index in [0.717, 1.165) is 37.6 Å². The maximum Gasteiger partial charge on any atom is 0.121 e. The molecular formula is C18H28N2O. The molecule has 0 unspecified atom stereocenters. The Morgan fingerprint density at radius 2 is 2.10 bits per heavy atom. The van der Waals surface area contributed by atoms with Gasteiger partial charge in [-0.3, -0.25) is 4.90 Å². The molecule has 1 aromatic carbocycles. The summed E-state index contributed by atoms with van der Waals surface area (Å²) in [7, 11) is 0. The molecule has 3 nitrogen and oxygen atoms in total. The number of hydrogen-bond donors (Lipinski definition) is 1. The van der Waals surface area contributed by atoms with Crippen LogP contribution >= 0.6 is 0 Å². The molecule has 1 aliphatic rings. The Morgan fingerprint density at radius 1 is 1.29 bits per heavy atom. The normalized spacial score (nSPS) is 16.6. The van der Waals surface area contributed by atoms with Gasteiger partial charge in [0.05, 0.1) is 6.61 Å². The third-order valence-corrected chi connectivity index (χ3v) is 4.00. The lowest BCUT2D eigenvalue weighted by Gasteiger charge is -2.32. The summed E-state index contributed by atoms with van der Waals surface area (Å²) >= 11 is 0. The van der Waals surface area contributed by atoms with E-state index in [2.05, 4.69) is 31.7 Å². The Morgan fingerprint density at radius 3 is 2.71 bits per heavy atom. The molecule has 0 spiro atoms. The summed E-state index contributed by atoms with van der Waals surface area (Å²) < 4.78 is 5.73. The van der Waals surface area contributed by atoms with E-state index in [1.54, 1.807) is 5.57 Å². The number of anilines is 1. The molecule has 1 heterocycles. The molecule has 21 heavy (non-hydrogen) atoms. The van der Waals surface area contributed by atoms with E-state index in [1.807, 2.05) is 24.3 Å². The van der Waals surface area contributed by atoms with Crippen LogP contribution in [0.25, 0.3) is 0 Å². The SMILES string of the molecule is CC(C)(C)C1=CCN(CCCOc2cccc(N)c2)CC1. The van der Waals surface area contributed by atoms with Gasteiger partial charge in [0.2, 0.25) is 0 Å². The molecule has 0 radical (unpaired) electrons. The van der Waals surface area contributed by atoms with Gasteiger partial charge in [-0.05, 0) is 30.4 Å². The molecule has 0 saturated heterocycles.